The van der Waals surface area contributed by atoms with Crippen molar-refractivity contribution in [1.29, 1.82) is 0 Å². The molecule has 3 rings (SSSR count). The molecule has 2 unspecified atom stereocenters. The fourth-order valence-corrected chi connectivity index (χ4v) is 3.37. The second-order valence-corrected chi connectivity index (χ2v) is 6.01. The first-order valence-corrected chi connectivity index (χ1v) is 7.48. The Balaban J connectivity index is 1.79. The molecule has 1 aromatic carbocycles. The largest absolute Gasteiger partial charge is 0.327 e. The van der Waals surface area contributed by atoms with Gasteiger partial charge in [-0.15, -0.1) is 0 Å². The van der Waals surface area contributed by atoms with Crippen molar-refractivity contribution in [2.45, 2.75) is 31.2 Å². The molecule has 0 amide bonds. The summed E-state index contributed by atoms with van der Waals surface area (Å²) in [7, 11) is 0. The Morgan fingerprint density at radius 1 is 1.26 bits per heavy atom. The Morgan fingerprint density at radius 2 is 2.11 bits per heavy atom. The fraction of sp³-hybridized carbons (Fsp3) is 0.312. The maximum absolute atomic E-state index is 6.43. The molecule has 0 radical (unpaired) electrons. The van der Waals surface area contributed by atoms with E-state index in [1.54, 1.807) is 0 Å². The van der Waals surface area contributed by atoms with Gasteiger partial charge in [-0.2, -0.15) is 0 Å². The highest BCUT2D eigenvalue weighted by Gasteiger charge is 2.28. The van der Waals surface area contributed by atoms with E-state index >= 15 is 0 Å². The Morgan fingerprint density at radius 3 is 2.95 bits per heavy atom. The summed E-state index contributed by atoms with van der Waals surface area (Å²) in [4.78, 5) is 4.53. The third kappa shape index (κ3) is 2.58. The predicted octanol–water partition coefficient (Wildman–Crippen LogP) is 3.44. The van der Waals surface area contributed by atoms with Gasteiger partial charge in [-0.05, 0) is 42.5 Å². The number of hydrogen-bond acceptors (Lipinski definition) is 2. The van der Waals surface area contributed by atoms with Crippen molar-refractivity contribution < 1.29 is 0 Å². The molecule has 19 heavy (non-hydrogen) atoms. The molecule has 2 N–H and O–H groups in total. The fourth-order valence-electron chi connectivity index (χ4n) is 2.92. The van der Waals surface area contributed by atoms with Gasteiger partial charge in [-0.1, -0.05) is 40.2 Å². The van der Waals surface area contributed by atoms with Crippen molar-refractivity contribution in [3.63, 3.8) is 0 Å². The lowest BCUT2D eigenvalue weighted by Crippen LogP contribution is -2.30. The van der Waals surface area contributed by atoms with E-state index in [2.05, 4.69) is 45.2 Å². The van der Waals surface area contributed by atoms with Gasteiger partial charge in [0.05, 0.1) is 0 Å². The van der Waals surface area contributed by atoms with E-state index in [1.165, 1.54) is 16.8 Å². The summed E-state index contributed by atoms with van der Waals surface area (Å²) in [6.45, 7) is 0. The summed E-state index contributed by atoms with van der Waals surface area (Å²) in [5.41, 5.74) is 10.3. The highest BCUT2D eigenvalue weighted by Crippen LogP contribution is 2.34. The maximum atomic E-state index is 6.43. The molecule has 0 fully saturated rings. The molecule has 0 spiro atoms. The van der Waals surface area contributed by atoms with Crippen LogP contribution in [0, 0.1) is 0 Å². The zero-order chi connectivity index (χ0) is 13.2. The van der Waals surface area contributed by atoms with E-state index < -0.39 is 0 Å². The van der Waals surface area contributed by atoms with Gasteiger partial charge in [-0.3, -0.25) is 4.98 Å². The van der Waals surface area contributed by atoms with Crippen LogP contribution in [0.15, 0.2) is 47.1 Å². The zero-order valence-electron chi connectivity index (χ0n) is 10.7. The number of aromatic nitrogens is 1. The molecule has 98 valence electrons. The van der Waals surface area contributed by atoms with Gasteiger partial charge in [0.25, 0.3) is 0 Å². The lowest BCUT2D eigenvalue weighted by Gasteiger charge is -2.20. The predicted molar refractivity (Wildman–Crippen MR) is 81.1 cm³/mol. The van der Waals surface area contributed by atoms with Crippen molar-refractivity contribution >= 4 is 15.9 Å². The molecule has 0 bridgehead atoms. The molecule has 1 heterocycles. The van der Waals surface area contributed by atoms with E-state index in [-0.39, 0.29) is 6.04 Å². The number of halogens is 1. The first-order valence-electron chi connectivity index (χ1n) is 6.68. The molecular weight excluding hydrogens is 300 g/mol. The molecule has 2 nitrogen and oxygen atoms in total. The van der Waals surface area contributed by atoms with Crippen LogP contribution in [0.25, 0.3) is 0 Å². The maximum Gasteiger partial charge on any atom is 0.0482 e. The lowest BCUT2D eigenvalue weighted by molar-refractivity contribution is 0.516. The second-order valence-electron chi connectivity index (χ2n) is 5.15. The number of nitrogens with zero attached hydrogens (tertiary/aromatic N) is 1. The zero-order valence-corrected chi connectivity index (χ0v) is 12.3. The number of nitrogens with two attached hydrogens (primary N) is 1. The van der Waals surface area contributed by atoms with Crippen LogP contribution in [0.2, 0.25) is 0 Å². The summed E-state index contributed by atoms with van der Waals surface area (Å²) < 4.78 is 1.14. The minimum absolute atomic E-state index is 0.134. The van der Waals surface area contributed by atoms with Crippen LogP contribution in [0.5, 0.6) is 0 Å². The van der Waals surface area contributed by atoms with Gasteiger partial charge in [0, 0.05) is 28.3 Å². The summed E-state index contributed by atoms with van der Waals surface area (Å²) in [5.74, 6) is 0.392. The molecule has 1 aliphatic carbocycles. The number of benzene rings is 1. The molecule has 0 saturated heterocycles. The van der Waals surface area contributed by atoms with Crippen molar-refractivity contribution in [3.8, 4) is 0 Å². The van der Waals surface area contributed by atoms with Crippen LogP contribution in [-0.2, 0) is 12.8 Å². The van der Waals surface area contributed by atoms with Crippen LogP contribution >= 0.6 is 15.9 Å². The minimum Gasteiger partial charge on any atom is -0.327 e. The van der Waals surface area contributed by atoms with E-state index in [4.69, 9.17) is 5.73 Å². The number of pyridine rings is 1. The SMILES string of the molecule is NC(Cc1ccccc1Br)C1CCc2cccnc21. The average molecular weight is 317 g/mol. The molecular formula is C16H17BrN2. The van der Waals surface area contributed by atoms with E-state index in [9.17, 15) is 0 Å². The highest BCUT2D eigenvalue weighted by atomic mass is 79.9. The van der Waals surface area contributed by atoms with Crippen molar-refractivity contribution in [2.75, 3.05) is 0 Å². The van der Waals surface area contributed by atoms with Crippen molar-refractivity contribution in [2.24, 2.45) is 5.73 Å². The van der Waals surface area contributed by atoms with Crippen LogP contribution in [-0.4, -0.2) is 11.0 Å². The molecule has 1 aromatic heterocycles. The molecule has 0 saturated carbocycles. The van der Waals surface area contributed by atoms with E-state index in [0.29, 0.717) is 5.92 Å². The van der Waals surface area contributed by atoms with E-state index in [1.807, 2.05) is 18.3 Å². The normalized spacial score (nSPS) is 19.2. The molecule has 0 aliphatic heterocycles. The van der Waals surface area contributed by atoms with Gasteiger partial charge in [0.2, 0.25) is 0 Å². The Labute approximate surface area is 122 Å². The Kier molecular flexibility index (Phi) is 3.67. The third-order valence-electron chi connectivity index (χ3n) is 3.93. The van der Waals surface area contributed by atoms with Gasteiger partial charge in [0.15, 0.2) is 0 Å². The number of aryl methyl sites for hydroxylation is 1. The second kappa shape index (κ2) is 5.43. The number of hydrogen-bond donors (Lipinski definition) is 1. The lowest BCUT2D eigenvalue weighted by atomic mass is 9.92. The van der Waals surface area contributed by atoms with Crippen LogP contribution in [0.1, 0.15) is 29.2 Å². The third-order valence-corrected chi connectivity index (χ3v) is 4.71. The quantitative estimate of drug-likeness (QED) is 0.942. The first-order chi connectivity index (χ1) is 9.25. The summed E-state index contributed by atoms with van der Waals surface area (Å²) >= 11 is 3.59. The van der Waals surface area contributed by atoms with Gasteiger partial charge in [-0.25, -0.2) is 0 Å². The standard InChI is InChI=1S/C16H17BrN2/c17-14-6-2-1-4-12(14)10-15(18)13-8-7-11-5-3-9-19-16(11)13/h1-6,9,13,15H,7-8,10,18H2. The van der Waals surface area contributed by atoms with Gasteiger partial charge >= 0.3 is 0 Å². The Hall–Kier alpha value is -1.19. The summed E-state index contributed by atoms with van der Waals surface area (Å²) in [6, 6.07) is 12.6. The number of rotatable bonds is 3. The average Bonchev–Trinajstić information content (AvgIpc) is 2.85. The van der Waals surface area contributed by atoms with Crippen LogP contribution < -0.4 is 5.73 Å². The topological polar surface area (TPSA) is 38.9 Å². The monoisotopic (exact) mass is 316 g/mol. The first kappa shape index (κ1) is 12.8. The van der Waals surface area contributed by atoms with Crippen molar-refractivity contribution in [1.82, 2.24) is 4.98 Å². The summed E-state index contributed by atoms with van der Waals surface area (Å²) in [5, 5.41) is 0. The van der Waals surface area contributed by atoms with Gasteiger partial charge < -0.3 is 5.73 Å². The minimum atomic E-state index is 0.134. The summed E-state index contributed by atoms with van der Waals surface area (Å²) in [6.07, 6.45) is 5.00. The number of fused-ring (bicyclic) bond motifs is 1. The van der Waals surface area contributed by atoms with Crippen LogP contribution in [0.4, 0.5) is 0 Å². The van der Waals surface area contributed by atoms with E-state index in [0.717, 1.165) is 23.7 Å². The molecule has 2 atom stereocenters. The molecule has 1 aliphatic rings. The van der Waals surface area contributed by atoms with Crippen molar-refractivity contribution in [3.05, 3.63) is 63.9 Å². The van der Waals surface area contributed by atoms with Crippen LogP contribution in [0.3, 0.4) is 0 Å². The molecule has 3 heteroatoms. The van der Waals surface area contributed by atoms with Gasteiger partial charge in [0.1, 0.15) is 0 Å². The smallest absolute Gasteiger partial charge is 0.0482 e. The Bertz CT molecular complexity index is 582. The molecule has 2 aromatic rings. The highest BCUT2D eigenvalue weighted by molar-refractivity contribution is 9.10.